The Bertz CT molecular complexity index is 686. The summed E-state index contributed by atoms with van der Waals surface area (Å²) in [6.07, 6.45) is 2.72. The van der Waals surface area contributed by atoms with Gasteiger partial charge in [-0.1, -0.05) is 29.8 Å². The van der Waals surface area contributed by atoms with Crippen molar-refractivity contribution in [1.82, 2.24) is 4.98 Å². The fourth-order valence-corrected chi connectivity index (χ4v) is 2.33. The van der Waals surface area contributed by atoms with Crippen LogP contribution in [0.1, 0.15) is 36.2 Å². The van der Waals surface area contributed by atoms with Crippen LogP contribution < -0.4 is 10.6 Å². The lowest BCUT2D eigenvalue weighted by Crippen LogP contribution is -2.13. The van der Waals surface area contributed by atoms with Gasteiger partial charge in [-0.05, 0) is 55.2 Å². The topological polar surface area (TPSA) is 54.0 Å². The minimum atomic E-state index is -0.138. The van der Waals surface area contributed by atoms with Crippen LogP contribution in [-0.2, 0) is 0 Å². The van der Waals surface area contributed by atoms with Gasteiger partial charge in [0.25, 0.3) is 5.91 Å². The maximum Gasteiger partial charge on any atom is 0.255 e. The molecule has 5 heteroatoms. The van der Waals surface area contributed by atoms with Gasteiger partial charge < -0.3 is 10.6 Å². The molecule has 0 radical (unpaired) electrons. The second-order valence-corrected chi connectivity index (χ2v) is 6.81. The van der Waals surface area contributed by atoms with E-state index in [0.717, 1.165) is 34.5 Å². The summed E-state index contributed by atoms with van der Waals surface area (Å²) in [6.45, 7) is 7.20. The van der Waals surface area contributed by atoms with Crippen molar-refractivity contribution in [3.05, 3.63) is 52.1 Å². The lowest BCUT2D eigenvalue weighted by Gasteiger charge is -2.10. The summed E-state index contributed by atoms with van der Waals surface area (Å²) in [6, 6.07) is 9.23. The summed E-state index contributed by atoms with van der Waals surface area (Å²) in [4.78, 5) is 16.6. The Labute approximate surface area is 145 Å². The van der Waals surface area contributed by atoms with Crippen molar-refractivity contribution in [2.45, 2.75) is 27.2 Å². The Kier molecular flexibility index (Phi) is 6.16. The number of anilines is 2. The maximum atomic E-state index is 12.4. The standard InChI is InChI=1S/C18H22BrN3O/c1-12(2)6-8-20-17-11-14(7-9-21-17)18(23)22-15-4-5-16(19)13(3)10-15/h4-5,7,9-12H,6,8H2,1-3H3,(H,20,21)(H,22,23). The first-order chi connectivity index (χ1) is 11.0. The quantitative estimate of drug-likeness (QED) is 0.757. The molecule has 0 spiro atoms. The molecule has 1 aromatic heterocycles. The predicted octanol–water partition coefficient (Wildman–Crippen LogP) is 4.86. The van der Waals surface area contributed by atoms with Gasteiger partial charge in [0.1, 0.15) is 5.82 Å². The molecule has 2 aromatic rings. The number of nitrogens with one attached hydrogen (secondary N) is 2. The van der Waals surface area contributed by atoms with E-state index in [2.05, 4.69) is 45.4 Å². The van der Waals surface area contributed by atoms with E-state index in [1.165, 1.54) is 0 Å². The Morgan fingerprint density at radius 3 is 2.74 bits per heavy atom. The van der Waals surface area contributed by atoms with Crippen molar-refractivity contribution in [2.75, 3.05) is 17.2 Å². The molecule has 0 atom stereocenters. The highest BCUT2D eigenvalue weighted by Crippen LogP contribution is 2.20. The summed E-state index contributed by atoms with van der Waals surface area (Å²) in [5, 5.41) is 6.17. The van der Waals surface area contributed by atoms with Gasteiger partial charge in [0, 0.05) is 28.5 Å². The van der Waals surface area contributed by atoms with E-state index in [4.69, 9.17) is 0 Å². The minimum Gasteiger partial charge on any atom is -0.370 e. The van der Waals surface area contributed by atoms with Crippen LogP contribution >= 0.6 is 15.9 Å². The van der Waals surface area contributed by atoms with E-state index < -0.39 is 0 Å². The number of pyridine rings is 1. The van der Waals surface area contributed by atoms with E-state index in [9.17, 15) is 4.79 Å². The fourth-order valence-electron chi connectivity index (χ4n) is 2.08. The molecule has 0 fully saturated rings. The number of hydrogen-bond donors (Lipinski definition) is 2. The van der Waals surface area contributed by atoms with Crippen molar-refractivity contribution < 1.29 is 4.79 Å². The van der Waals surface area contributed by atoms with E-state index in [1.54, 1.807) is 18.3 Å². The van der Waals surface area contributed by atoms with Crippen LogP contribution in [0.15, 0.2) is 41.0 Å². The Hall–Kier alpha value is -1.88. The third kappa shape index (κ3) is 5.36. The zero-order chi connectivity index (χ0) is 16.8. The molecule has 1 aromatic carbocycles. The maximum absolute atomic E-state index is 12.4. The highest BCUT2D eigenvalue weighted by Gasteiger charge is 2.08. The van der Waals surface area contributed by atoms with Crippen LogP contribution in [0.2, 0.25) is 0 Å². The summed E-state index contributed by atoms with van der Waals surface area (Å²) in [5.41, 5.74) is 2.45. The van der Waals surface area contributed by atoms with E-state index in [1.807, 2.05) is 25.1 Å². The summed E-state index contributed by atoms with van der Waals surface area (Å²) in [5.74, 6) is 1.22. The number of rotatable bonds is 6. The highest BCUT2D eigenvalue weighted by atomic mass is 79.9. The van der Waals surface area contributed by atoms with Crippen molar-refractivity contribution >= 4 is 33.3 Å². The predicted molar refractivity (Wildman–Crippen MR) is 99.0 cm³/mol. The molecule has 0 aliphatic rings. The van der Waals surface area contributed by atoms with E-state index in [0.29, 0.717) is 11.5 Å². The van der Waals surface area contributed by atoms with Crippen LogP contribution in [0.3, 0.4) is 0 Å². The summed E-state index contributed by atoms with van der Waals surface area (Å²) >= 11 is 3.45. The molecular weight excluding hydrogens is 354 g/mol. The number of aryl methyl sites for hydroxylation is 1. The van der Waals surface area contributed by atoms with Crippen molar-refractivity contribution in [3.63, 3.8) is 0 Å². The zero-order valence-corrected chi connectivity index (χ0v) is 15.3. The van der Waals surface area contributed by atoms with Gasteiger partial charge in [-0.2, -0.15) is 0 Å². The first-order valence-electron chi connectivity index (χ1n) is 7.73. The van der Waals surface area contributed by atoms with Gasteiger partial charge in [-0.25, -0.2) is 4.98 Å². The number of hydrogen-bond acceptors (Lipinski definition) is 3. The van der Waals surface area contributed by atoms with Crippen molar-refractivity contribution in [3.8, 4) is 0 Å². The molecule has 0 saturated carbocycles. The normalized spacial score (nSPS) is 10.7. The third-order valence-corrected chi connectivity index (χ3v) is 4.36. The molecular formula is C18H22BrN3O. The molecule has 2 N–H and O–H groups in total. The average Bonchev–Trinajstić information content (AvgIpc) is 2.51. The van der Waals surface area contributed by atoms with E-state index >= 15 is 0 Å². The molecule has 0 saturated heterocycles. The molecule has 0 unspecified atom stereocenters. The Morgan fingerprint density at radius 2 is 2.04 bits per heavy atom. The first-order valence-corrected chi connectivity index (χ1v) is 8.52. The fraction of sp³-hybridized carbons (Fsp3) is 0.333. The SMILES string of the molecule is Cc1cc(NC(=O)c2ccnc(NCCC(C)C)c2)ccc1Br. The van der Waals surface area contributed by atoms with Crippen LogP contribution in [0.25, 0.3) is 0 Å². The number of amides is 1. The lowest BCUT2D eigenvalue weighted by molar-refractivity contribution is 0.102. The second kappa shape index (κ2) is 8.11. The van der Waals surface area contributed by atoms with Gasteiger partial charge >= 0.3 is 0 Å². The number of carbonyl (C=O) groups is 1. The van der Waals surface area contributed by atoms with Gasteiger partial charge in [-0.3, -0.25) is 4.79 Å². The molecule has 0 bridgehead atoms. The van der Waals surface area contributed by atoms with Gasteiger partial charge in [0.15, 0.2) is 0 Å². The number of nitrogens with zero attached hydrogens (tertiary/aromatic N) is 1. The second-order valence-electron chi connectivity index (χ2n) is 5.96. The van der Waals surface area contributed by atoms with Crippen LogP contribution in [0.5, 0.6) is 0 Å². The first kappa shape index (κ1) is 17.5. The molecule has 2 rings (SSSR count). The smallest absolute Gasteiger partial charge is 0.255 e. The third-order valence-electron chi connectivity index (χ3n) is 3.47. The van der Waals surface area contributed by atoms with E-state index in [-0.39, 0.29) is 5.91 Å². The average molecular weight is 376 g/mol. The molecule has 122 valence electrons. The van der Waals surface area contributed by atoms with Gasteiger partial charge in [0.2, 0.25) is 0 Å². The van der Waals surface area contributed by atoms with Gasteiger partial charge in [-0.15, -0.1) is 0 Å². The number of benzene rings is 1. The monoisotopic (exact) mass is 375 g/mol. The Balaban J connectivity index is 2.02. The van der Waals surface area contributed by atoms with Crippen LogP contribution in [-0.4, -0.2) is 17.4 Å². The molecule has 0 aliphatic heterocycles. The molecule has 4 nitrogen and oxygen atoms in total. The number of carbonyl (C=O) groups excluding carboxylic acids is 1. The molecule has 1 amide bonds. The van der Waals surface area contributed by atoms with Crippen molar-refractivity contribution in [1.29, 1.82) is 0 Å². The van der Waals surface area contributed by atoms with Crippen molar-refractivity contribution in [2.24, 2.45) is 5.92 Å². The summed E-state index contributed by atoms with van der Waals surface area (Å²) < 4.78 is 1.02. The minimum absolute atomic E-state index is 0.138. The largest absolute Gasteiger partial charge is 0.370 e. The van der Waals surface area contributed by atoms with Crippen LogP contribution in [0, 0.1) is 12.8 Å². The molecule has 23 heavy (non-hydrogen) atoms. The molecule has 0 aliphatic carbocycles. The number of aromatic nitrogens is 1. The van der Waals surface area contributed by atoms with Crippen LogP contribution in [0.4, 0.5) is 11.5 Å². The lowest BCUT2D eigenvalue weighted by atomic mass is 10.1. The van der Waals surface area contributed by atoms with Gasteiger partial charge in [0.05, 0.1) is 0 Å². The molecule has 1 heterocycles. The summed E-state index contributed by atoms with van der Waals surface area (Å²) in [7, 11) is 0. The Morgan fingerprint density at radius 1 is 1.26 bits per heavy atom. The highest BCUT2D eigenvalue weighted by molar-refractivity contribution is 9.10. The number of halogens is 1. The zero-order valence-electron chi connectivity index (χ0n) is 13.7.